The van der Waals surface area contributed by atoms with Gasteiger partial charge in [0, 0.05) is 6.54 Å². The molecule has 0 radical (unpaired) electrons. The minimum absolute atomic E-state index is 0.0190. The molecule has 1 aromatic carbocycles. The second-order valence-electron chi connectivity index (χ2n) is 4.91. The highest BCUT2D eigenvalue weighted by Crippen LogP contribution is 2.23. The van der Waals surface area contributed by atoms with Crippen LogP contribution in [0.4, 0.5) is 0 Å². The van der Waals surface area contributed by atoms with Crippen LogP contribution in [0.15, 0.2) is 18.2 Å². The Morgan fingerprint density at radius 1 is 1.38 bits per heavy atom. The standard InChI is InChI=1S/C15H19N3O2S/c1-3-18(15(20)8-16)9-11(19)7-14-17-12-5-4-10(2)6-13(12)21-14/h4-6H,3,7-9,16H2,1-2H3. The number of hydrogen-bond donors (Lipinski definition) is 1. The molecule has 0 aliphatic rings. The lowest BCUT2D eigenvalue weighted by Crippen LogP contribution is -2.39. The summed E-state index contributed by atoms with van der Waals surface area (Å²) in [6.07, 6.45) is 0.257. The van der Waals surface area contributed by atoms with Crippen molar-refractivity contribution in [2.45, 2.75) is 20.3 Å². The van der Waals surface area contributed by atoms with Crippen molar-refractivity contribution < 1.29 is 9.59 Å². The first kappa shape index (κ1) is 15.6. The quantitative estimate of drug-likeness (QED) is 0.878. The first-order chi connectivity index (χ1) is 10.0. The Bertz CT molecular complexity index is 666. The summed E-state index contributed by atoms with van der Waals surface area (Å²) in [5, 5.41) is 0.789. The molecule has 5 nitrogen and oxygen atoms in total. The van der Waals surface area contributed by atoms with Gasteiger partial charge in [-0.15, -0.1) is 11.3 Å². The van der Waals surface area contributed by atoms with Crippen molar-refractivity contribution in [2.75, 3.05) is 19.6 Å². The van der Waals surface area contributed by atoms with E-state index in [1.54, 1.807) is 0 Å². The van der Waals surface area contributed by atoms with E-state index in [2.05, 4.69) is 11.1 Å². The number of carbonyl (C=O) groups excluding carboxylic acids is 2. The summed E-state index contributed by atoms with van der Waals surface area (Å²) in [7, 11) is 0. The fraction of sp³-hybridized carbons (Fsp3) is 0.400. The maximum atomic E-state index is 12.1. The molecular formula is C15H19N3O2S. The third-order valence-electron chi connectivity index (χ3n) is 3.21. The van der Waals surface area contributed by atoms with Crippen LogP contribution in [0.25, 0.3) is 10.2 Å². The van der Waals surface area contributed by atoms with Gasteiger partial charge in [-0.3, -0.25) is 9.59 Å². The lowest BCUT2D eigenvalue weighted by atomic mass is 10.2. The number of ketones is 1. The van der Waals surface area contributed by atoms with E-state index in [4.69, 9.17) is 5.73 Å². The topological polar surface area (TPSA) is 76.3 Å². The zero-order valence-corrected chi connectivity index (χ0v) is 13.1. The number of nitrogens with zero attached hydrogens (tertiary/aromatic N) is 2. The van der Waals surface area contributed by atoms with Gasteiger partial charge in [0.2, 0.25) is 5.91 Å². The van der Waals surface area contributed by atoms with Gasteiger partial charge in [-0.2, -0.15) is 0 Å². The maximum absolute atomic E-state index is 12.1. The van der Waals surface area contributed by atoms with Gasteiger partial charge in [0.05, 0.1) is 29.7 Å². The number of amides is 1. The van der Waals surface area contributed by atoms with Gasteiger partial charge < -0.3 is 10.6 Å². The Hall–Kier alpha value is -1.79. The number of nitrogens with two attached hydrogens (primary N) is 1. The summed E-state index contributed by atoms with van der Waals surface area (Å²) >= 11 is 1.53. The second kappa shape index (κ2) is 6.78. The average Bonchev–Trinajstić information content (AvgIpc) is 2.84. The fourth-order valence-electron chi connectivity index (χ4n) is 2.10. The number of Topliss-reactive ketones (excluding diaryl/α,β-unsaturated/α-hetero) is 1. The number of thiazole rings is 1. The van der Waals surface area contributed by atoms with Crippen molar-refractivity contribution in [1.82, 2.24) is 9.88 Å². The monoisotopic (exact) mass is 305 g/mol. The van der Waals surface area contributed by atoms with Crippen molar-refractivity contribution in [3.8, 4) is 0 Å². The Labute approximate surface area is 127 Å². The van der Waals surface area contributed by atoms with Gasteiger partial charge in [-0.05, 0) is 31.5 Å². The van der Waals surface area contributed by atoms with Gasteiger partial charge in [0.25, 0.3) is 0 Å². The van der Waals surface area contributed by atoms with Crippen molar-refractivity contribution >= 4 is 33.2 Å². The zero-order chi connectivity index (χ0) is 15.4. The minimum Gasteiger partial charge on any atom is -0.335 e. The smallest absolute Gasteiger partial charge is 0.236 e. The normalized spacial score (nSPS) is 10.8. The van der Waals surface area contributed by atoms with E-state index in [1.165, 1.54) is 21.8 Å². The van der Waals surface area contributed by atoms with Crippen LogP contribution in [0.5, 0.6) is 0 Å². The molecule has 0 fully saturated rings. The highest BCUT2D eigenvalue weighted by Gasteiger charge is 2.16. The van der Waals surface area contributed by atoms with Gasteiger partial charge in [-0.1, -0.05) is 6.07 Å². The molecule has 0 atom stereocenters. The molecule has 0 aliphatic carbocycles. The first-order valence-electron chi connectivity index (χ1n) is 6.89. The highest BCUT2D eigenvalue weighted by atomic mass is 32.1. The van der Waals surface area contributed by atoms with Crippen molar-refractivity contribution in [3.63, 3.8) is 0 Å². The summed E-state index contributed by atoms with van der Waals surface area (Å²) in [5.41, 5.74) is 7.42. The number of aryl methyl sites for hydroxylation is 1. The van der Waals surface area contributed by atoms with Crippen LogP contribution >= 0.6 is 11.3 Å². The number of fused-ring (bicyclic) bond motifs is 1. The predicted octanol–water partition coefficient (Wildman–Crippen LogP) is 1.52. The molecule has 2 aromatic rings. The van der Waals surface area contributed by atoms with Gasteiger partial charge >= 0.3 is 0 Å². The molecule has 1 aromatic heterocycles. The number of hydrogen-bond acceptors (Lipinski definition) is 5. The summed E-state index contributed by atoms with van der Waals surface area (Å²) in [6, 6.07) is 6.04. The summed E-state index contributed by atoms with van der Waals surface area (Å²) < 4.78 is 1.09. The van der Waals surface area contributed by atoms with Gasteiger partial charge in [0.1, 0.15) is 5.01 Å². The third-order valence-corrected chi connectivity index (χ3v) is 4.23. The van der Waals surface area contributed by atoms with E-state index < -0.39 is 0 Å². The van der Waals surface area contributed by atoms with Gasteiger partial charge in [0.15, 0.2) is 5.78 Å². The molecule has 1 amide bonds. The van der Waals surface area contributed by atoms with Crippen molar-refractivity contribution in [1.29, 1.82) is 0 Å². The molecule has 0 saturated carbocycles. The van der Waals surface area contributed by atoms with Crippen molar-refractivity contribution in [3.05, 3.63) is 28.8 Å². The van der Waals surface area contributed by atoms with Crippen LogP contribution in [-0.4, -0.2) is 41.2 Å². The molecular weight excluding hydrogens is 286 g/mol. The molecule has 1 heterocycles. The van der Waals surface area contributed by atoms with Crippen LogP contribution in [0, 0.1) is 6.92 Å². The van der Waals surface area contributed by atoms with E-state index in [0.717, 1.165) is 15.2 Å². The highest BCUT2D eigenvalue weighted by molar-refractivity contribution is 7.18. The van der Waals surface area contributed by atoms with E-state index in [9.17, 15) is 9.59 Å². The van der Waals surface area contributed by atoms with Crippen molar-refractivity contribution in [2.24, 2.45) is 5.73 Å². The predicted molar refractivity (Wildman–Crippen MR) is 84.4 cm³/mol. The van der Waals surface area contributed by atoms with Crippen LogP contribution in [-0.2, 0) is 16.0 Å². The summed E-state index contributed by atoms with van der Waals surface area (Å²) in [4.78, 5) is 29.6. The first-order valence-corrected chi connectivity index (χ1v) is 7.70. The summed E-state index contributed by atoms with van der Waals surface area (Å²) in [5.74, 6) is -0.222. The number of carbonyl (C=O) groups is 2. The second-order valence-corrected chi connectivity index (χ2v) is 6.02. The van der Waals surface area contributed by atoms with E-state index in [0.29, 0.717) is 6.54 Å². The molecule has 0 spiro atoms. The number of likely N-dealkylation sites (N-methyl/N-ethyl adjacent to an activating group) is 1. The SMILES string of the molecule is CCN(CC(=O)Cc1nc2ccc(C)cc2s1)C(=O)CN. The molecule has 0 saturated heterocycles. The maximum Gasteiger partial charge on any atom is 0.236 e. The number of aromatic nitrogens is 1. The molecule has 2 rings (SSSR count). The molecule has 0 aliphatic heterocycles. The Morgan fingerprint density at radius 2 is 2.14 bits per heavy atom. The minimum atomic E-state index is -0.203. The Balaban J connectivity index is 2.05. The lowest BCUT2D eigenvalue weighted by molar-refractivity contribution is -0.133. The average molecular weight is 305 g/mol. The third kappa shape index (κ3) is 3.86. The largest absolute Gasteiger partial charge is 0.335 e. The van der Waals surface area contributed by atoms with Crippen LogP contribution in [0.2, 0.25) is 0 Å². The number of benzene rings is 1. The van der Waals surface area contributed by atoms with E-state index in [-0.39, 0.29) is 31.2 Å². The Kier molecular flexibility index (Phi) is 5.03. The zero-order valence-electron chi connectivity index (χ0n) is 12.3. The van der Waals surface area contributed by atoms with Crippen LogP contribution in [0.1, 0.15) is 17.5 Å². The molecule has 112 valence electrons. The van der Waals surface area contributed by atoms with E-state index >= 15 is 0 Å². The fourth-order valence-corrected chi connectivity index (χ4v) is 3.19. The number of rotatable bonds is 6. The van der Waals surface area contributed by atoms with Gasteiger partial charge in [-0.25, -0.2) is 4.98 Å². The lowest BCUT2D eigenvalue weighted by Gasteiger charge is -2.18. The molecule has 0 bridgehead atoms. The molecule has 2 N–H and O–H groups in total. The van der Waals surface area contributed by atoms with Crippen LogP contribution < -0.4 is 5.73 Å². The van der Waals surface area contributed by atoms with E-state index in [1.807, 2.05) is 26.0 Å². The molecule has 21 heavy (non-hydrogen) atoms. The van der Waals surface area contributed by atoms with Crippen LogP contribution in [0.3, 0.4) is 0 Å². The molecule has 0 unspecified atom stereocenters. The summed E-state index contributed by atoms with van der Waals surface area (Å²) in [6.45, 7) is 4.38. The Morgan fingerprint density at radius 3 is 2.81 bits per heavy atom. The molecule has 6 heteroatoms.